The van der Waals surface area contributed by atoms with Crippen LogP contribution in [0.15, 0.2) is 24.3 Å². The van der Waals surface area contributed by atoms with Gasteiger partial charge in [0.2, 0.25) is 0 Å². The van der Waals surface area contributed by atoms with Crippen LogP contribution >= 0.6 is 0 Å². The number of piperidine rings is 1. The third-order valence-electron chi connectivity index (χ3n) is 12.9. The van der Waals surface area contributed by atoms with Crippen LogP contribution in [0.4, 0.5) is 0 Å². The van der Waals surface area contributed by atoms with Crippen molar-refractivity contribution >= 4 is 5.97 Å². The van der Waals surface area contributed by atoms with E-state index in [9.17, 15) is 9.90 Å². The number of hydrogen-bond acceptors (Lipinski definition) is 8. The third kappa shape index (κ3) is 3.12. The minimum atomic E-state index is -0.391. The lowest BCUT2D eigenvalue weighted by Gasteiger charge is -2.69. The van der Waals surface area contributed by atoms with E-state index < -0.39 is 6.10 Å². The second-order valence-electron chi connectivity index (χ2n) is 13.5. The van der Waals surface area contributed by atoms with Crippen LogP contribution in [-0.2, 0) is 18.9 Å². The number of aliphatic hydroxyl groups excluding tert-OH is 1. The maximum absolute atomic E-state index is 13.4. The number of methoxy groups -OCH3 is 4. The summed E-state index contributed by atoms with van der Waals surface area (Å²) in [6, 6.07) is 7.50. The topological polar surface area (TPSA) is 86.7 Å². The summed E-state index contributed by atoms with van der Waals surface area (Å²) >= 11 is 0. The SMILES string of the molecule is CCN1C[C@]2(COC(=O)c3ccccc3OC)CC[C@H](O)[C@]34C1[C@H](C[C@H]23)[C@@]1(OC)C[C@H](OC)[C@H]2C[C@@H]4[C@@H]1[C@H]2OC. The molecule has 40 heavy (non-hydrogen) atoms. The standard InChI is InChI=1S/C32H45NO7/c1-6-33-16-30(17-40-29(35)18-9-7-8-10-22(18)36-2)12-11-25(34)32-20-13-19-23(37-3)15-31(39-5,26(20)27(19)38-4)21(28(32)33)14-24(30)32/h7-10,19-21,23-28,34H,6,11-17H2,1-5H3/t19-,20-,21+,23+,24-,25+,26-,27+,28?,30+,31+,32-/m1/s1. The second-order valence-corrected chi connectivity index (χ2v) is 13.5. The van der Waals surface area contributed by atoms with Crippen molar-refractivity contribution in [1.82, 2.24) is 4.90 Å². The molecule has 0 amide bonds. The Morgan fingerprint density at radius 3 is 2.60 bits per heavy atom. The van der Waals surface area contributed by atoms with Gasteiger partial charge < -0.3 is 28.8 Å². The molecule has 1 spiro atoms. The number of likely N-dealkylation sites (tertiary alicyclic amines) is 1. The van der Waals surface area contributed by atoms with Crippen molar-refractivity contribution in [2.24, 2.45) is 40.4 Å². The summed E-state index contributed by atoms with van der Waals surface area (Å²) < 4.78 is 30.8. The van der Waals surface area contributed by atoms with Gasteiger partial charge in [-0.15, -0.1) is 0 Å². The lowest BCUT2D eigenvalue weighted by Crippen LogP contribution is -2.76. The number of nitrogens with zero attached hydrogens (tertiary/aromatic N) is 1. The molecule has 0 aromatic heterocycles. The van der Waals surface area contributed by atoms with E-state index in [4.69, 9.17) is 23.7 Å². The van der Waals surface area contributed by atoms with Crippen LogP contribution in [0.25, 0.3) is 0 Å². The largest absolute Gasteiger partial charge is 0.496 e. The maximum atomic E-state index is 13.4. The Bertz CT molecular complexity index is 1160. The van der Waals surface area contributed by atoms with E-state index in [1.165, 1.54) is 0 Å². The van der Waals surface area contributed by atoms with Crippen molar-refractivity contribution in [3.8, 4) is 5.75 Å². The fraction of sp³-hybridized carbons (Fsp3) is 0.781. The fourth-order valence-electron chi connectivity index (χ4n) is 11.8. The van der Waals surface area contributed by atoms with Crippen LogP contribution in [0, 0.1) is 40.4 Å². The smallest absolute Gasteiger partial charge is 0.341 e. The van der Waals surface area contributed by atoms with Crippen molar-refractivity contribution in [2.75, 3.05) is 48.1 Å². The molecule has 6 aliphatic rings. The zero-order valence-electron chi connectivity index (χ0n) is 24.5. The van der Waals surface area contributed by atoms with Gasteiger partial charge in [-0.3, -0.25) is 4.90 Å². The van der Waals surface area contributed by atoms with Crippen LogP contribution in [0.3, 0.4) is 0 Å². The molecule has 1 aromatic rings. The third-order valence-corrected chi connectivity index (χ3v) is 12.9. The maximum Gasteiger partial charge on any atom is 0.341 e. The molecule has 8 nitrogen and oxygen atoms in total. The first-order chi connectivity index (χ1) is 19.4. The van der Waals surface area contributed by atoms with Crippen molar-refractivity contribution in [2.45, 2.75) is 69.0 Å². The first kappa shape index (κ1) is 27.1. The molecule has 1 saturated heterocycles. The van der Waals surface area contributed by atoms with Crippen LogP contribution in [0.5, 0.6) is 5.75 Å². The van der Waals surface area contributed by atoms with Crippen molar-refractivity contribution < 1.29 is 33.6 Å². The molecule has 1 aliphatic heterocycles. The van der Waals surface area contributed by atoms with Crippen LogP contribution in [0.1, 0.15) is 49.4 Å². The first-order valence-electron chi connectivity index (χ1n) is 15.2. The molecule has 6 fully saturated rings. The van der Waals surface area contributed by atoms with Crippen molar-refractivity contribution in [3.05, 3.63) is 29.8 Å². The highest BCUT2D eigenvalue weighted by molar-refractivity contribution is 5.92. The number of carbonyl (C=O) groups excluding carboxylic acids is 1. The van der Waals surface area contributed by atoms with Gasteiger partial charge in [0, 0.05) is 68.9 Å². The van der Waals surface area contributed by atoms with Gasteiger partial charge in [-0.25, -0.2) is 4.79 Å². The first-order valence-corrected chi connectivity index (χ1v) is 15.2. The van der Waals surface area contributed by atoms with E-state index in [1.807, 2.05) is 33.5 Å². The normalized spacial score (nSPS) is 48.2. The number of rotatable bonds is 8. The van der Waals surface area contributed by atoms with E-state index >= 15 is 0 Å². The number of para-hydroxylation sites is 1. The van der Waals surface area contributed by atoms with Gasteiger partial charge in [0.05, 0.1) is 37.6 Å². The predicted octanol–water partition coefficient (Wildman–Crippen LogP) is 3.40. The molecule has 1 aromatic carbocycles. The predicted molar refractivity (Wildman–Crippen MR) is 147 cm³/mol. The Balaban J connectivity index is 1.31. The fourth-order valence-corrected chi connectivity index (χ4v) is 11.8. The molecule has 1 unspecified atom stereocenters. The summed E-state index contributed by atoms with van der Waals surface area (Å²) in [5.74, 6) is 1.50. The number of carbonyl (C=O) groups is 1. The number of fused-ring (bicyclic) bond motifs is 2. The summed E-state index contributed by atoms with van der Waals surface area (Å²) in [6.07, 6.45) is 4.18. The molecule has 5 saturated carbocycles. The summed E-state index contributed by atoms with van der Waals surface area (Å²) in [4.78, 5) is 16.0. The van der Waals surface area contributed by atoms with Gasteiger partial charge in [0.1, 0.15) is 11.3 Å². The Hall–Kier alpha value is -1.71. The Labute approximate surface area is 237 Å². The van der Waals surface area contributed by atoms with Gasteiger partial charge in [-0.05, 0) is 56.2 Å². The highest BCUT2D eigenvalue weighted by Crippen LogP contribution is 2.79. The Kier molecular flexibility index (Phi) is 6.38. The molecular formula is C32H45NO7. The van der Waals surface area contributed by atoms with Gasteiger partial charge >= 0.3 is 5.97 Å². The van der Waals surface area contributed by atoms with Crippen LogP contribution in [0.2, 0.25) is 0 Å². The van der Waals surface area contributed by atoms with E-state index in [0.29, 0.717) is 23.8 Å². The minimum Gasteiger partial charge on any atom is -0.496 e. The molecule has 7 rings (SSSR count). The molecule has 0 radical (unpaired) electrons. The van der Waals surface area contributed by atoms with E-state index in [0.717, 1.165) is 45.2 Å². The van der Waals surface area contributed by atoms with Gasteiger partial charge in [0.25, 0.3) is 0 Å². The lowest BCUT2D eigenvalue weighted by molar-refractivity contribution is -0.279. The second kappa shape index (κ2) is 9.40. The number of hydrogen-bond donors (Lipinski definition) is 1. The van der Waals surface area contributed by atoms with Crippen LogP contribution < -0.4 is 4.74 Å². The van der Waals surface area contributed by atoms with Crippen molar-refractivity contribution in [1.29, 1.82) is 0 Å². The van der Waals surface area contributed by atoms with E-state index in [-0.39, 0.29) is 64.3 Å². The Morgan fingerprint density at radius 1 is 1.10 bits per heavy atom. The minimum absolute atomic E-state index is 0.0594. The average Bonchev–Trinajstić information content (AvgIpc) is 3.45. The summed E-state index contributed by atoms with van der Waals surface area (Å²) in [7, 11) is 7.13. The lowest BCUT2D eigenvalue weighted by atomic mass is 9.43. The molecule has 12 atom stereocenters. The molecule has 220 valence electrons. The average molecular weight is 556 g/mol. The van der Waals surface area contributed by atoms with Gasteiger partial charge in [-0.2, -0.15) is 0 Å². The highest BCUT2D eigenvalue weighted by atomic mass is 16.5. The molecular weight excluding hydrogens is 510 g/mol. The van der Waals surface area contributed by atoms with Crippen LogP contribution in [-0.4, -0.2) is 94.1 Å². The number of benzene rings is 1. The molecule has 8 heteroatoms. The number of ether oxygens (including phenoxy) is 5. The van der Waals surface area contributed by atoms with E-state index in [2.05, 4.69) is 11.8 Å². The zero-order chi connectivity index (χ0) is 28.0. The molecule has 5 aliphatic carbocycles. The Morgan fingerprint density at radius 2 is 1.90 bits per heavy atom. The van der Waals surface area contributed by atoms with Crippen molar-refractivity contribution in [3.63, 3.8) is 0 Å². The number of esters is 1. The van der Waals surface area contributed by atoms with Gasteiger partial charge in [0.15, 0.2) is 0 Å². The van der Waals surface area contributed by atoms with E-state index in [1.54, 1.807) is 19.2 Å². The summed E-state index contributed by atoms with van der Waals surface area (Å²) in [5, 5.41) is 12.2. The quantitative estimate of drug-likeness (QED) is 0.489. The highest BCUT2D eigenvalue weighted by Gasteiger charge is 2.84. The summed E-state index contributed by atoms with van der Waals surface area (Å²) in [6.45, 7) is 4.37. The summed E-state index contributed by atoms with van der Waals surface area (Å²) in [5.41, 5.74) is -0.385. The number of aliphatic hydroxyl groups is 1. The molecule has 1 heterocycles. The monoisotopic (exact) mass is 555 g/mol. The van der Waals surface area contributed by atoms with Gasteiger partial charge in [-0.1, -0.05) is 19.1 Å². The zero-order valence-corrected chi connectivity index (χ0v) is 24.5. The molecule has 1 N–H and O–H groups in total. The molecule has 7 bridgehead atoms.